The van der Waals surface area contributed by atoms with Gasteiger partial charge in [-0.3, -0.25) is 9.69 Å². The van der Waals surface area contributed by atoms with E-state index in [1.165, 1.54) is 5.56 Å². The van der Waals surface area contributed by atoms with Crippen LogP contribution in [0.3, 0.4) is 0 Å². The maximum atomic E-state index is 13.7. The van der Waals surface area contributed by atoms with Gasteiger partial charge in [0, 0.05) is 26.2 Å². The summed E-state index contributed by atoms with van der Waals surface area (Å²) in [6.07, 6.45) is 0.731. The summed E-state index contributed by atoms with van der Waals surface area (Å²) < 4.78 is 0. The van der Waals surface area contributed by atoms with E-state index in [-0.39, 0.29) is 5.91 Å². The van der Waals surface area contributed by atoms with E-state index in [0.29, 0.717) is 5.92 Å². The van der Waals surface area contributed by atoms with Gasteiger partial charge in [0.25, 0.3) is 0 Å². The van der Waals surface area contributed by atoms with Gasteiger partial charge in [-0.1, -0.05) is 97.9 Å². The summed E-state index contributed by atoms with van der Waals surface area (Å²) in [5.74, 6) is 2.20. The molecule has 3 aromatic rings. The summed E-state index contributed by atoms with van der Waals surface area (Å²) in [4.78, 5) is 16.3. The predicted molar refractivity (Wildman–Crippen MR) is 129 cm³/mol. The van der Waals surface area contributed by atoms with E-state index in [1.54, 1.807) is 0 Å². The molecule has 2 unspecified atom stereocenters. The van der Waals surface area contributed by atoms with Crippen molar-refractivity contribution in [1.29, 1.82) is 0 Å². The molecular formula is C29H32N2O. The van der Waals surface area contributed by atoms with Crippen molar-refractivity contribution in [3.63, 3.8) is 0 Å². The summed E-state index contributed by atoms with van der Waals surface area (Å²) in [6.45, 7) is 6.24. The molecule has 2 atom stereocenters. The molecule has 1 heterocycles. The van der Waals surface area contributed by atoms with Gasteiger partial charge >= 0.3 is 0 Å². The number of likely N-dealkylation sites (tertiary alicyclic amines) is 1. The molecule has 32 heavy (non-hydrogen) atoms. The van der Waals surface area contributed by atoms with Crippen molar-refractivity contribution < 1.29 is 4.79 Å². The fourth-order valence-corrected chi connectivity index (χ4v) is 5.81. The van der Waals surface area contributed by atoms with E-state index in [1.807, 2.05) is 36.4 Å². The average Bonchev–Trinajstić information content (AvgIpc) is 3.31. The molecule has 0 aromatic heterocycles. The lowest BCUT2D eigenvalue weighted by atomic mass is 9.71. The van der Waals surface area contributed by atoms with E-state index < -0.39 is 5.41 Å². The van der Waals surface area contributed by atoms with Gasteiger partial charge in [-0.2, -0.15) is 0 Å². The van der Waals surface area contributed by atoms with Crippen molar-refractivity contribution >= 4 is 5.91 Å². The Morgan fingerprint density at radius 2 is 1.34 bits per heavy atom. The number of hydrogen-bond donors (Lipinski definition) is 1. The van der Waals surface area contributed by atoms with Crippen LogP contribution in [0.2, 0.25) is 0 Å². The lowest BCUT2D eigenvalue weighted by Gasteiger charge is -2.33. The van der Waals surface area contributed by atoms with Crippen LogP contribution < -0.4 is 5.32 Å². The Labute approximate surface area is 191 Å². The summed E-state index contributed by atoms with van der Waals surface area (Å²) in [7, 11) is 0. The minimum Gasteiger partial charge on any atom is -0.355 e. The van der Waals surface area contributed by atoms with E-state index >= 15 is 0 Å². The molecule has 2 fully saturated rings. The van der Waals surface area contributed by atoms with Crippen LogP contribution >= 0.6 is 0 Å². The van der Waals surface area contributed by atoms with Crippen molar-refractivity contribution in [2.24, 2.45) is 17.8 Å². The SMILES string of the molecule is CCC(C(=O)NCC1C2CN(Cc3ccccc3)CC12)(c1ccccc1)c1ccccc1. The van der Waals surface area contributed by atoms with Crippen LogP contribution in [0.25, 0.3) is 0 Å². The van der Waals surface area contributed by atoms with Gasteiger partial charge in [0.1, 0.15) is 0 Å². The third-order valence-corrected chi connectivity index (χ3v) is 7.65. The molecule has 1 aliphatic heterocycles. The lowest BCUT2D eigenvalue weighted by molar-refractivity contribution is -0.125. The number of nitrogens with one attached hydrogen (secondary N) is 1. The normalized spacial score (nSPS) is 22.3. The third kappa shape index (κ3) is 3.86. The molecule has 1 amide bonds. The largest absolute Gasteiger partial charge is 0.355 e. The van der Waals surface area contributed by atoms with E-state index in [0.717, 1.165) is 55.6 Å². The highest BCUT2D eigenvalue weighted by atomic mass is 16.2. The highest BCUT2D eigenvalue weighted by Gasteiger charge is 2.55. The minimum absolute atomic E-state index is 0.128. The Hall–Kier alpha value is -2.91. The van der Waals surface area contributed by atoms with E-state index in [9.17, 15) is 4.79 Å². The molecule has 1 aliphatic carbocycles. The lowest BCUT2D eigenvalue weighted by Crippen LogP contribution is -2.46. The second-order valence-corrected chi connectivity index (χ2v) is 9.37. The first kappa shape index (κ1) is 21.0. The number of rotatable bonds is 8. The summed E-state index contributed by atoms with van der Waals surface area (Å²) in [6, 6.07) is 31.2. The monoisotopic (exact) mass is 424 g/mol. The molecule has 0 radical (unpaired) electrons. The van der Waals surface area contributed by atoms with Crippen LogP contribution in [0.4, 0.5) is 0 Å². The Balaban J connectivity index is 1.24. The number of hydrogen-bond acceptors (Lipinski definition) is 2. The van der Waals surface area contributed by atoms with Gasteiger partial charge in [-0.05, 0) is 40.9 Å². The van der Waals surface area contributed by atoms with Crippen LogP contribution in [0.1, 0.15) is 30.0 Å². The molecule has 3 nitrogen and oxygen atoms in total. The van der Waals surface area contributed by atoms with Crippen molar-refractivity contribution in [3.8, 4) is 0 Å². The Morgan fingerprint density at radius 1 is 0.844 bits per heavy atom. The van der Waals surface area contributed by atoms with Gasteiger partial charge in [0.05, 0.1) is 5.41 Å². The zero-order chi connectivity index (χ0) is 22.0. The topological polar surface area (TPSA) is 32.3 Å². The van der Waals surface area contributed by atoms with Crippen LogP contribution in [-0.4, -0.2) is 30.4 Å². The van der Waals surface area contributed by atoms with E-state index in [4.69, 9.17) is 0 Å². The van der Waals surface area contributed by atoms with Gasteiger partial charge in [0.15, 0.2) is 0 Å². The highest BCUT2D eigenvalue weighted by molar-refractivity contribution is 5.92. The number of benzene rings is 3. The van der Waals surface area contributed by atoms with Gasteiger partial charge in [-0.25, -0.2) is 0 Å². The number of piperidine rings is 1. The highest BCUT2D eigenvalue weighted by Crippen LogP contribution is 2.51. The standard InChI is InChI=1S/C29H32N2O/c1-2-29(23-14-8-4-9-15-23,24-16-10-5-11-17-24)28(32)30-18-25-26-20-31(21-27(25)26)19-22-12-6-3-7-13-22/h3-17,25-27H,2,18-21H2,1H3,(H,30,32). The molecule has 3 heteroatoms. The minimum atomic E-state index is -0.647. The molecule has 5 rings (SSSR count). The summed E-state index contributed by atoms with van der Waals surface area (Å²) in [5, 5.41) is 3.37. The first-order valence-corrected chi connectivity index (χ1v) is 11.9. The fourth-order valence-electron chi connectivity index (χ4n) is 5.81. The second-order valence-electron chi connectivity index (χ2n) is 9.37. The van der Waals surface area contributed by atoms with Gasteiger partial charge < -0.3 is 5.32 Å². The van der Waals surface area contributed by atoms with Crippen LogP contribution in [0, 0.1) is 17.8 Å². The number of carbonyl (C=O) groups excluding carboxylic acids is 1. The van der Waals surface area contributed by atoms with Crippen LogP contribution in [0.15, 0.2) is 91.0 Å². The second kappa shape index (κ2) is 8.91. The molecule has 0 bridgehead atoms. The molecule has 164 valence electrons. The summed E-state index contributed by atoms with van der Waals surface area (Å²) >= 11 is 0. The zero-order valence-corrected chi connectivity index (χ0v) is 18.8. The molecular weight excluding hydrogens is 392 g/mol. The van der Waals surface area contributed by atoms with E-state index in [2.05, 4.69) is 71.7 Å². The maximum absolute atomic E-state index is 13.7. The Kier molecular flexibility index (Phi) is 5.84. The number of amides is 1. The first-order valence-electron chi connectivity index (χ1n) is 11.9. The van der Waals surface area contributed by atoms with Gasteiger partial charge in [0.2, 0.25) is 5.91 Å². The Bertz CT molecular complexity index is 983. The van der Waals surface area contributed by atoms with Gasteiger partial charge in [-0.15, -0.1) is 0 Å². The predicted octanol–water partition coefficient (Wildman–Crippen LogP) is 4.88. The van der Waals surface area contributed by atoms with Crippen molar-refractivity contribution in [1.82, 2.24) is 10.2 Å². The molecule has 1 saturated carbocycles. The third-order valence-electron chi connectivity index (χ3n) is 7.65. The quantitative estimate of drug-likeness (QED) is 0.559. The zero-order valence-electron chi connectivity index (χ0n) is 18.8. The van der Waals surface area contributed by atoms with Crippen molar-refractivity contribution in [3.05, 3.63) is 108 Å². The first-order chi connectivity index (χ1) is 15.7. The smallest absolute Gasteiger partial charge is 0.235 e. The molecule has 1 N–H and O–H groups in total. The number of carbonyl (C=O) groups is 1. The van der Waals surface area contributed by atoms with Crippen LogP contribution in [0.5, 0.6) is 0 Å². The Morgan fingerprint density at radius 3 is 1.84 bits per heavy atom. The number of fused-ring (bicyclic) bond motifs is 1. The van der Waals surface area contributed by atoms with Crippen LogP contribution in [-0.2, 0) is 16.8 Å². The summed E-state index contributed by atoms with van der Waals surface area (Å²) in [5.41, 5.74) is 2.87. The van der Waals surface area contributed by atoms with Crippen molar-refractivity contribution in [2.75, 3.05) is 19.6 Å². The maximum Gasteiger partial charge on any atom is 0.235 e. The average molecular weight is 425 g/mol. The molecule has 3 aromatic carbocycles. The molecule has 0 spiro atoms. The number of nitrogens with zero attached hydrogens (tertiary/aromatic N) is 1. The molecule has 1 saturated heterocycles. The van der Waals surface area contributed by atoms with Crippen molar-refractivity contribution in [2.45, 2.75) is 25.3 Å². The molecule has 2 aliphatic rings. The fraction of sp³-hybridized carbons (Fsp3) is 0.345.